The number of aliphatic hydroxyl groups is 2. The summed E-state index contributed by atoms with van der Waals surface area (Å²) in [6.07, 6.45) is 0. The summed E-state index contributed by atoms with van der Waals surface area (Å²) in [4.78, 5) is 0. The van der Waals surface area contributed by atoms with Crippen molar-refractivity contribution in [3.8, 4) is 0 Å². The summed E-state index contributed by atoms with van der Waals surface area (Å²) in [6.45, 7) is 8.62. The molecular weight excluding hydrogens is 130 g/mol. The third-order valence-corrected chi connectivity index (χ3v) is 1.09. The molecule has 0 saturated heterocycles. The van der Waals surface area contributed by atoms with Crippen molar-refractivity contribution in [2.45, 2.75) is 32.7 Å². The van der Waals surface area contributed by atoms with Gasteiger partial charge in [-0.15, -0.1) is 0 Å². The van der Waals surface area contributed by atoms with E-state index in [9.17, 15) is 0 Å². The third-order valence-electron chi connectivity index (χ3n) is 1.09. The zero-order valence-electron chi connectivity index (χ0n) is 6.68. The summed E-state index contributed by atoms with van der Waals surface area (Å²) in [5.41, 5.74) is 0.293. The van der Waals surface area contributed by atoms with Gasteiger partial charge in [0, 0.05) is 6.04 Å². The molecule has 0 aliphatic rings. The molecule has 0 unspecified atom stereocenters. The second-order valence-electron chi connectivity index (χ2n) is 2.75. The van der Waals surface area contributed by atoms with Crippen molar-refractivity contribution < 1.29 is 10.2 Å². The minimum Gasteiger partial charge on any atom is -0.350 e. The highest BCUT2D eigenvalue weighted by Gasteiger charge is 2.23. The Labute approximate surface area is 61.4 Å². The van der Waals surface area contributed by atoms with E-state index in [-0.39, 0.29) is 6.04 Å². The average molecular weight is 145 g/mol. The Kier molecular flexibility index (Phi) is 3.02. The van der Waals surface area contributed by atoms with Crippen LogP contribution in [0.2, 0.25) is 0 Å². The fourth-order valence-electron chi connectivity index (χ4n) is 0.526. The van der Waals surface area contributed by atoms with Crippen LogP contribution in [0.1, 0.15) is 20.8 Å². The van der Waals surface area contributed by atoms with Crippen LogP contribution in [-0.4, -0.2) is 22.2 Å². The molecule has 0 amide bonds. The SMILES string of the molecule is C=C(C)C(O)(O)NC(C)C. The highest BCUT2D eigenvalue weighted by Crippen LogP contribution is 2.06. The van der Waals surface area contributed by atoms with Gasteiger partial charge in [0.25, 0.3) is 0 Å². The van der Waals surface area contributed by atoms with Crippen LogP contribution in [0.3, 0.4) is 0 Å². The maximum absolute atomic E-state index is 9.11. The quantitative estimate of drug-likeness (QED) is 0.393. The van der Waals surface area contributed by atoms with Gasteiger partial charge >= 0.3 is 0 Å². The molecule has 0 fully saturated rings. The van der Waals surface area contributed by atoms with Gasteiger partial charge in [-0.05, 0) is 26.3 Å². The molecule has 0 bridgehead atoms. The lowest BCUT2D eigenvalue weighted by molar-refractivity contribution is -0.157. The second-order valence-corrected chi connectivity index (χ2v) is 2.75. The summed E-state index contributed by atoms with van der Waals surface area (Å²) < 4.78 is 0. The molecule has 0 aromatic heterocycles. The van der Waals surface area contributed by atoms with Crippen LogP contribution in [0.15, 0.2) is 12.2 Å². The van der Waals surface area contributed by atoms with Crippen molar-refractivity contribution in [3.05, 3.63) is 12.2 Å². The highest BCUT2D eigenvalue weighted by molar-refractivity contribution is 5.01. The lowest BCUT2D eigenvalue weighted by Crippen LogP contribution is -2.49. The number of hydrogen-bond acceptors (Lipinski definition) is 3. The summed E-state index contributed by atoms with van der Waals surface area (Å²) in [6, 6.07) is 0.0201. The Balaban J connectivity index is 4.00. The van der Waals surface area contributed by atoms with Crippen LogP contribution >= 0.6 is 0 Å². The molecule has 0 radical (unpaired) electrons. The molecule has 0 aliphatic carbocycles. The Morgan fingerprint density at radius 2 is 1.90 bits per heavy atom. The van der Waals surface area contributed by atoms with E-state index in [0.29, 0.717) is 5.57 Å². The fraction of sp³-hybridized carbons (Fsp3) is 0.714. The molecule has 60 valence electrons. The van der Waals surface area contributed by atoms with Crippen molar-refractivity contribution in [2.24, 2.45) is 0 Å². The number of rotatable bonds is 3. The number of hydrogen-bond donors (Lipinski definition) is 3. The second kappa shape index (κ2) is 3.14. The summed E-state index contributed by atoms with van der Waals surface area (Å²) >= 11 is 0. The highest BCUT2D eigenvalue weighted by atomic mass is 16.5. The molecule has 3 N–H and O–H groups in total. The van der Waals surface area contributed by atoms with Gasteiger partial charge in [-0.25, -0.2) is 0 Å². The normalized spacial score (nSPS) is 12.2. The van der Waals surface area contributed by atoms with Gasteiger partial charge in [0.15, 0.2) is 0 Å². The Morgan fingerprint density at radius 1 is 1.50 bits per heavy atom. The lowest BCUT2D eigenvalue weighted by Gasteiger charge is -2.25. The molecule has 0 aliphatic heterocycles. The Hall–Kier alpha value is -0.380. The molecular formula is C7H15NO2. The first-order valence-corrected chi connectivity index (χ1v) is 3.24. The Morgan fingerprint density at radius 3 is 2.00 bits per heavy atom. The van der Waals surface area contributed by atoms with Gasteiger partial charge in [-0.3, -0.25) is 5.32 Å². The first-order chi connectivity index (χ1) is 4.36. The van der Waals surface area contributed by atoms with Gasteiger partial charge in [-0.1, -0.05) is 6.58 Å². The van der Waals surface area contributed by atoms with Crippen LogP contribution in [0, 0.1) is 0 Å². The minimum absolute atomic E-state index is 0.0201. The summed E-state index contributed by atoms with van der Waals surface area (Å²) in [7, 11) is 0. The molecule has 0 aromatic carbocycles. The fourth-order valence-corrected chi connectivity index (χ4v) is 0.526. The van der Waals surface area contributed by atoms with Crippen molar-refractivity contribution in [3.63, 3.8) is 0 Å². The van der Waals surface area contributed by atoms with Gasteiger partial charge < -0.3 is 10.2 Å². The number of nitrogens with one attached hydrogen (secondary N) is 1. The van der Waals surface area contributed by atoms with Crippen molar-refractivity contribution in [1.29, 1.82) is 0 Å². The third kappa shape index (κ3) is 2.96. The Bertz CT molecular complexity index is 130. The van der Waals surface area contributed by atoms with Gasteiger partial charge in [0.1, 0.15) is 0 Å². The van der Waals surface area contributed by atoms with Crippen molar-refractivity contribution >= 4 is 0 Å². The van der Waals surface area contributed by atoms with Crippen LogP contribution in [0.25, 0.3) is 0 Å². The first-order valence-electron chi connectivity index (χ1n) is 3.24. The topological polar surface area (TPSA) is 52.5 Å². The molecule has 0 aromatic rings. The van der Waals surface area contributed by atoms with Crippen LogP contribution in [0.4, 0.5) is 0 Å². The van der Waals surface area contributed by atoms with E-state index in [2.05, 4.69) is 11.9 Å². The first kappa shape index (κ1) is 9.62. The molecule has 0 atom stereocenters. The predicted octanol–water partition coefficient (Wildman–Crippen LogP) is 0.199. The van der Waals surface area contributed by atoms with E-state index in [1.165, 1.54) is 0 Å². The zero-order valence-corrected chi connectivity index (χ0v) is 6.68. The van der Waals surface area contributed by atoms with E-state index >= 15 is 0 Å². The smallest absolute Gasteiger partial charge is 0.246 e. The minimum atomic E-state index is -1.92. The maximum Gasteiger partial charge on any atom is 0.246 e. The van der Waals surface area contributed by atoms with Crippen molar-refractivity contribution in [2.75, 3.05) is 0 Å². The molecule has 10 heavy (non-hydrogen) atoms. The molecule has 0 spiro atoms. The van der Waals surface area contributed by atoms with Crippen molar-refractivity contribution in [1.82, 2.24) is 5.32 Å². The average Bonchev–Trinajstić information content (AvgIpc) is 1.60. The van der Waals surface area contributed by atoms with Crippen LogP contribution < -0.4 is 5.32 Å². The van der Waals surface area contributed by atoms with Crippen LogP contribution in [-0.2, 0) is 0 Å². The van der Waals surface area contributed by atoms with Gasteiger partial charge in [-0.2, -0.15) is 0 Å². The van der Waals surface area contributed by atoms with Gasteiger partial charge in [0.05, 0.1) is 0 Å². The van der Waals surface area contributed by atoms with Crippen LogP contribution in [0.5, 0.6) is 0 Å². The largest absolute Gasteiger partial charge is 0.350 e. The van der Waals surface area contributed by atoms with E-state index in [1.54, 1.807) is 6.92 Å². The maximum atomic E-state index is 9.11. The van der Waals surface area contributed by atoms with Gasteiger partial charge in [0.2, 0.25) is 5.91 Å². The van der Waals surface area contributed by atoms with E-state index in [0.717, 1.165) is 0 Å². The summed E-state index contributed by atoms with van der Waals surface area (Å²) in [5.74, 6) is -1.92. The predicted molar refractivity (Wildman–Crippen MR) is 40.3 cm³/mol. The molecule has 0 rings (SSSR count). The molecule has 0 heterocycles. The molecule has 3 heteroatoms. The van der Waals surface area contributed by atoms with E-state index in [4.69, 9.17) is 10.2 Å². The van der Waals surface area contributed by atoms with E-state index in [1.807, 2.05) is 13.8 Å². The van der Waals surface area contributed by atoms with E-state index < -0.39 is 5.91 Å². The molecule has 3 nitrogen and oxygen atoms in total. The molecule has 0 saturated carbocycles. The lowest BCUT2D eigenvalue weighted by atomic mass is 10.2. The summed E-state index contributed by atoms with van der Waals surface area (Å²) in [5, 5.41) is 20.7. The standard InChI is InChI=1S/C7H15NO2/c1-5(2)7(9,10)8-6(3)4/h6,8-10H,1H2,2-4H3. The zero-order chi connectivity index (χ0) is 8.36. The monoisotopic (exact) mass is 145 g/mol.